The second-order valence-electron chi connectivity index (χ2n) is 5.72. The van der Waals surface area contributed by atoms with Crippen molar-refractivity contribution < 1.29 is 14.6 Å². The van der Waals surface area contributed by atoms with E-state index in [4.69, 9.17) is 4.74 Å². The van der Waals surface area contributed by atoms with Gasteiger partial charge in [-0.1, -0.05) is 6.92 Å². The quantitative estimate of drug-likeness (QED) is 0.887. The monoisotopic (exact) mass is 292 g/mol. The van der Waals surface area contributed by atoms with E-state index in [-0.39, 0.29) is 18.1 Å². The third kappa shape index (κ3) is 3.95. The van der Waals surface area contributed by atoms with Gasteiger partial charge in [-0.2, -0.15) is 0 Å². The van der Waals surface area contributed by atoms with E-state index in [1.165, 1.54) is 0 Å². The van der Waals surface area contributed by atoms with Gasteiger partial charge in [-0.3, -0.25) is 9.69 Å². The summed E-state index contributed by atoms with van der Waals surface area (Å²) < 4.78 is 5.09. The van der Waals surface area contributed by atoms with E-state index >= 15 is 0 Å². The van der Waals surface area contributed by atoms with Crippen LogP contribution in [0.1, 0.15) is 20.3 Å². The zero-order valence-electron chi connectivity index (χ0n) is 12.9. The number of nitrogens with one attached hydrogen (secondary N) is 1. The highest BCUT2D eigenvalue weighted by molar-refractivity contribution is 5.94. The molecule has 1 aromatic rings. The molecule has 0 saturated carbocycles. The van der Waals surface area contributed by atoms with Gasteiger partial charge in [0.05, 0.1) is 19.3 Å². The number of hydrogen-bond donors (Lipinski definition) is 2. The highest BCUT2D eigenvalue weighted by Gasteiger charge is 2.30. The maximum Gasteiger partial charge on any atom is 0.241 e. The number of β-amino-alcohol motifs (C(OH)–C–C–N with tert-alkyl or cyclic N) is 1. The van der Waals surface area contributed by atoms with Crippen LogP contribution in [-0.2, 0) is 4.79 Å². The van der Waals surface area contributed by atoms with E-state index in [0.29, 0.717) is 12.5 Å². The lowest BCUT2D eigenvalue weighted by Gasteiger charge is -2.37. The predicted molar refractivity (Wildman–Crippen MR) is 82.4 cm³/mol. The van der Waals surface area contributed by atoms with Crippen LogP contribution in [0.15, 0.2) is 24.3 Å². The van der Waals surface area contributed by atoms with Crippen molar-refractivity contribution in [2.75, 3.05) is 25.5 Å². The van der Waals surface area contributed by atoms with Crippen molar-refractivity contribution in [2.45, 2.75) is 32.4 Å². The molecule has 0 aromatic heterocycles. The summed E-state index contributed by atoms with van der Waals surface area (Å²) in [6.07, 6.45) is 0.566. The minimum absolute atomic E-state index is 0.0538. The lowest BCUT2D eigenvalue weighted by atomic mass is 9.95. The third-order valence-electron chi connectivity index (χ3n) is 4.23. The van der Waals surface area contributed by atoms with Gasteiger partial charge in [0.2, 0.25) is 5.91 Å². The average molecular weight is 292 g/mol. The molecule has 1 fully saturated rings. The van der Waals surface area contributed by atoms with Crippen LogP contribution in [0.2, 0.25) is 0 Å². The fraction of sp³-hybridized carbons (Fsp3) is 0.562. The van der Waals surface area contributed by atoms with Gasteiger partial charge in [-0.15, -0.1) is 0 Å². The summed E-state index contributed by atoms with van der Waals surface area (Å²) in [5.41, 5.74) is 0.749. The fourth-order valence-electron chi connectivity index (χ4n) is 2.51. The minimum atomic E-state index is -0.352. The molecule has 0 radical (unpaired) electrons. The summed E-state index contributed by atoms with van der Waals surface area (Å²) in [5, 5.41) is 12.8. The number of nitrogens with zero attached hydrogens (tertiary/aromatic N) is 1. The number of methoxy groups -OCH3 is 1. The van der Waals surface area contributed by atoms with Gasteiger partial charge in [-0.25, -0.2) is 0 Å². The van der Waals surface area contributed by atoms with Crippen LogP contribution in [0.4, 0.5) is 5.69 Å². The Kier molecular flexibility index (Phi) is 5.20. The van der Waals surface area contributed by atoms with Crippen LogP contribution in [0.25, 0.3) is 0 Å². The van der Waals surface area contributed by atoms with E-state index < -0.39 is 0 Å². The van der Waals surface area contributed by atoms with Gasteiger partial charge in [0, 0.05) is 12.2 Å². The van der Waals surface area contributed by atoms with Crippen molar-refractivity contribution in [3.05, 3.63) is 24.3 Å². The molecular formula is C16H24N2O3. The van der Waals surface area contributed by atoms with Crippen LogP contribution in [-0.4, -0.2) is 48.3 Å². The number of ether oxygens (including phenoxy) is 1. The van der Waals surface area contributed by atoms with Crippen molar-refractivity contribution >= 4 is 11.6 Å². The van der Waals surface area contributed by atoms with Gasteiger partial charge >= 0.3 is 0 Å². The number of likely N-dealkylation sites (tertiary alicyclic amines) is 1. The van der Waals surface area contributed by atoms with Gasteiger partial charge < -0.3 is 15.2 Å². The van der Waals surface area contributed by atoms with Gasteiger partial charge in [0.15, 0.2) is 0 Å². The molecule has 0 aliphatic carbocycles. The van der Waals surface area contributed by atoms with Crippen LogP contribution < -0.4 is 10.1 Å². The number of aliphatic hydroxyl groups is 1. The van der Waals surface area contributed by atoms with E-state index in [2.05, 4.69) is 5.32 Å². The number of amides is 1. The fourth-order valence-corrected chi connectivity index (χ4v) is 2.51. The maximum absolute atomic E-state index is 12.3. The first-order chi connectivity index (χ1) is 10.0. The number of hydrogen-bond acceptors (Lipinski definition) is 4. The largest absolute Gasteiger partial charge is 0.497 e. The number of carbonyl (C=O) groups is 1. The highest BCUT2D eigenvalue weighted by Crippen LogP contribution is 2.20. The molecule has 1 saturated heterocycles. The van der Waals surface area contributed by atoms with E-state index in [1.807, 2.05) is 43.0 Å². The Balaban J connectivity index is 1.92. The summed E-state index contributed by atoms with van der Waals surface area (Å²) in [7, 11) is 1.61. The molecule has 3 atom stereocenters. The smallest absolute Gasteiger partial charge is 0.241 e. The molecule has 1 aromatic carbocycles. The van der Waals surface area contributed by atoms with Crippen molar-refractivity contribution in [2.24, 2.45) is 5.92 Å². The van der Waals surface area contributed by atoms with Crippen LogP contribution in [0, 0.1) is 5.92 Å². The molecule has 2 rings (SSSR count). The van der Waals surface area contributed by atoms with Crippen molar-refractivity contribution in [3.63, 3.8) is 0 Å². The number of rotatable bonds is 4. The normalized spacial score (nSPS) is 24.4. The van der Waals surface area contributed by atoms with E-state index in [0.717, 1.165) is 24.4 Å². The Hall–Kier alpha value is -1.59. The number of anilines is 1. The lowest BCUT2D eigenvalue weighted by molar-refractivity contribution is -0.122. The van der Waals surface area contributed by atoms with Crippen molar-refractivity contribution in [1.82, 2.24) is 4.90 Å². The molecular weight excluding hydrogens is 268 g/mol. The summed E-state index contributed by atoms with van der Waals surface area (Å²) in [6, 6.07) is 7.00. The minimum Gasteiger partial charge on any atom is -0.497 e. The third-order valence-corrected chi connectivity index (χ3v) is 4.23. The molecule has 5 nitrogen and oxygen atoms in total. The molecule has 2 N–H and O–H groups in total. The molecule has 5 heteroatoms. The molecule has 21 heavy (non-hydrogen) atoms. The predicted octanol–water partition coefficient (Wildman–Crippen LogP) is 1.72. The first kappa shape index (κ1) is 15.8. The number of benzene rings is 1. The van der Waals surface area contributed by atoms with Crippen LogP contribution in [0.5, 0.6) is 5.75 Å². The zero-order chi connectivity index (χ0) is 15.4. The first-order valence-corrected chi connectivity index (χ1v) is 7.38. The number of carbonyl (C=O) groups excluding carboxylic acids is 1. The average Bonchev–Trinajstić information content (AvgIpc) is 2.50. The Morgan fingerprint density at radius 1 is 1.43 bits per heavy atom. The Morgan fingerprint density at radius 3 is 2.67 bits per heavy atom. The second-order valence-corrected chi connectivity index (χ2v) is 5.72. The SMILES string of the molecule is COc1ccc(NC(=O)C(C)N2CCC(C)C(O)C2)cc1. The van der Waals surface area contributed by atoms with Crippen molar-refractivity contribution in [3.8, 4) is 5.75 Å². The van der Waals surface area contributed by atoms with E-state index in [9.17, 15) is 9.90 Å². The molecule has 1 amide bonds. The molecule has 1 aliphatic heterocycles. The topological polar surface area (TPSA) is 61.8 Å². The lowest BCUT2D eigenvalue weighted by Crippen LogP contribution is -2.50. The summed E-state index contributed by atoms with van der Waals surface area (Å²) in [4.78, 5) is 14.3. The zero-order valence-corrected chi connectivity index (χ0v) is 12.9. The Morgan fingerprint density at radius 2 is 2.10 bits per heavy atom. The van der Waals surface area contributed by atoms with Gasteiger partial charge in [-0.05, 0) is 50.1 Å². The summed E-state index contributed by atoms with van der Waals surface area (Å²) >= 11 is 0. The van der Waals surface area contributed by atoms with E-state index in [1.54, 1.807) is 7.11 Å². The number of aliphatic hydroxyl groups excluding tert-OH is 1. The molecule has 0 spiro atoms. The van der Waals surface area contributed by atoms with Crippen LogP contribution in [0.3, 0.4) is 0 Å². The van der Waals surface area contributed by atoms with Crippen LogP contribution >= 0.6 is 0 Å². The first-order valence-electron chi connectivity index (χ1n) is 7.38. The molecule has 1 aliphatic rings. The number of piperidine rings is 1. The standard InChI is InChI=1S/C16H24N2O3/c1-11-8-9-18(10-15(11)19)12(2)16(20)17-13-4-6-14(21-3)7-5-13/h4-7,11-12,15,19H,8-10H2,1-3H3,(H,17,20). The van der Waals surface area contributed by atoms with Gasteiger partial charge in [0.1, 0.15) is 5.75 Å². The highest BCUT2D eigenvalue weighted by atomic mass is 16.5. The second kappa shape index (κ2) is 6.91. The van der Waals surface area contributed by atoms with Crippen molar-refractivity contribution in [1.29, 1.82) is 0 Å². The summed E-state index contributed by atoms with van der Waals surface area (Å²) in [5.74, 6) is 1.01. The van der Waals surface area contributed by atoms with Gasteiger partial charge in [0.25, 0.3) is 0 Å². The Labute approximate surface area is 125 Å². The Bertz CT molecular complexity index is 475. The molecule has 3 unspecified atom stereocenters. The molecule has 1 heterocycles. The summed E-state index contributed by atoms with van der Waals surface area (Å²) in [6.45, 7) is 5.32. The molecule has 116 valence electrons. The maximum atomic E-state index is 12.3. The molecule has 0 bridgehead atoms.